The Balaban J connectivity index is 2.21. The zero-order valence-corrected chi connectivity index (χ0v) is 11.1. The van der Waals surface area contributed by atoms with Crippen molar-refractivity contribution in [2.75, 3.05) is 13.1 Å². The van der Waals surface area contributed by atoms with Crippen molar-refractivity contribution in [3.8, 4) is 0 Å². The number of nitrogens with zero attached hydrogens (tertiary/aromatic N) is 1. The lowest BCUT2D eigenvalue weighted by Gasteiger charge is -2.34. The molecule has 1 aromatic rings. The van der Waals surface area contributed by atoms with Gasteiger partial charge in [0.2, 0.25) is 11.8 Å². The number of hydrogen-bond acceptors (Lipinski definition) is 3. The van der Waals surface area contributed by atoms with Crippen molar-refractivity contribution in [2.24, 2.45) is 0 Å². The number of nitrogens with one attached hydrogen (secondary N) is 1. The molecule has 0 aromatic heterocycles. The van der Waals surface area contributed by atoms with Gasteiger partial charge in [-0.25, -0.2) is 4.79 Å². The van der Waals surface area contributed by atoms with E-state index in [0.717, 1.165) is 10.5 Å². The zero-order chi connectivity index (χ0) is 14.7. The molecule has 6 nitrogen and oxygen atoms in total. The van der Waals surface area contributed by atoms with Crippen molar-refractivity contribution < 1.29 is 19.5 Å². The van der Waals surface area contributed by atoms with Crippen LogP contribution in [0.2, 0.25) is 0 Å². The molecule has 0 aliphatic carbocycles. The van der Waals surface area contributed by atoms with Crippen LogP contribution in [0.15, 0.2) is 30.3 Å². The molecule has 0 bridgehead atoms. The van der Waals surface area contributed by atoms with E-state index in [9.17, 15) is 14.4 Å². The van der Waals surface area contributed by atoms with Crippen molar-refractivity contribution in [3.05, 3.63) is 35.9 Å². The van der Waals surface area contributed by atoms with Crippen LogP contribution in [-0.4, -0.2) is 46.9 Å². The first-order valence-corrected chi connectivity index (χ1v) is 6.35. The first kappa shape index (κ1) is 14.0. The molecular weight excluding hydrogens is 260 g/mol. The van der Waals surface area contributed by atoms with Gasteiger partial charge in [0.1, 0.15) is 12.6 Å². The van der Waals surface area contributed by atoms with Crippen LogP contribution in [0.1, 0.15) is 18.4 Å². The number of carbonyl (C=O) groups excluding carboxylic acids is 2. The Bertz CT molecular complexity index is 529. The minimum absolute atomic E-state index is 0.0542. The first-order chi connectivity index (χ1) is 9.50. The van der Waals surface area contributed by atoms with Gasteiger partial charge in [-0.05, 0) is 12.5 Å². The quantitative estimate of drug-likeness (QED) is 0.825. The molecule has 2 rings (SSSR count). The second-order valence-corrected chi connectivity index (χ2v) is 4.76. The predicted molar refractivity (Wildman–Crippen MR) is 71.0 cm³/mol. The molecule has 20 heavy (non-hydrogen) atoms. The summed E-state index contributed by atoms with van der Waals surface area (Å²) in [6.45, 7) is 1.44. The van der Waals surface area contributed by atoms with E-state index in [1.165, 1.54) is 0 Å². The molecule has 1 saturated heterocycles. The molecule has 2 unspecified atom stereocenters. The van der Waals surface area contributed by atoms with Crippen LogP contribution in [0.25, 0.3) is 0 Å². The molecule has 2 atom stereocenters. The topological polar surface area (TPSA) is 86.7 Å². The fraction of sp³-hybridized carbons (Fsp3) is 0.357. The maximum atomic E-state index is 12.4. The third-order valence-electron chi connectivity index (χ3n) is 3.42. The number of hydrogen-bond donors (Lipinski definition) is 2. The third-order valence-corrected chi connectivity index (χ3v) is 3.42. The van der Waals surface area contributed by atoms with Crippen molar-refractivity contribution in [1.82, 2.24) is 10.2 Å². The van der Waals surface area contributed by atoms with E-state index in [0.29, 0.717) is 0 Å². The van der Waals surface area contributed by atoms with E-state index in [1.54, 1.807) is 6.92 Å². The minimum atomic E-state index is -1.11. The van der Waals surface area contributed by atoms with E-state index in [4.69, 9.17) is 5.11 Å². The van der Waals surface area contributed by atoms with Gasteiger partial charge < -0.3 is 15.3 Å². The lowest BCUT2D eigenvalue weighted by molar-refractivity contribution is -0.154. The highest BCUT2D eigenvalue weighted by atomic mass is 16.4. The maximum Gasteiger partial charge on any atom is 0.328 e. The Morgan fingerprint density at radius 1 is 1.35 bits per heavy atom. The molecular formula is C14H16N2O4. The lowest BCUT2D eigenvalue weighted by atomic mass is 9.98. The average Bonchev–Trinajstić information content (AvgIpc) is 2.46. The van der Waals surface area contributed by atoms with Crippen molar-refractivity contribution in [1.29, 1.82) is 0 Å². The normalized spacial score (nSPS) is 20.1. The highest BCUT2D eigenvalue weighted by molar-refractivity contribution is 5.93. The summed E-state index contributed by atoms with van der Waals surface area (Å²) in [6.07, 6.45) is 0. The molecule has 1 aromatic carbocycles. The molecule has 1 aliphatic rings. The highest BCUT2D eigenvalue weighted by Crippen LogP contribution is 2.20. The summed E-state index contributed by atoms with van der Waals surface area (Å²) in [4.78, 5) is 36.2. The van der Waals surface area contributed by atoms with E-state index < -0.39 is 17.9 Å². The van der Waals surface area contributed by atoms with Gasteiger partial charge in [-0.15, -0.1) is 0 Å². The number of amides is 2. The highest BCUT2D eigenvalue weighted by Gasteiger charge is 2.37. The predicted octanol–water partition coefficient (Wildman–Crippen LogP) is 0.202. The molecule has 1 heterocycles. The number of carbonyl (C=O) groups is 3. The Hall–Kier alpha value is -2.37. The number of aliphatic carboxylic acids is 1. The van der Waals surface area contributed by atoms with E-state index >= 15 is 0 Å². The molecule has 2 N–H and O–H groups in total. The summed E-state index contributed by atoms with van der Waals surface area (Å²) < 4.78 is 0. The zero-order valence-electron chi connectivity index (χ0n) is 11.1. The van der Waals surface area contributed by atoms with E-state index in [2.05, 4.69) is 5.32 Å². The maximum absolute atomic E-state index is 12.4. The van der Waals surface area contributed by atoms with Crippen molar-refractivity contribution >= 4 is 17.8 Å². The van der Waals surface area contributed by atoms with Gasteiger partial charge >= 0.3 is 5.97 Å². The van der Waals surface area contributed by atoms with Crippen molar-refractivity contribution in [2.45, 2.75) is 18.9 Å². The average molecular weight is 276 g/mol. The third kappa shape index (κ3) is 2.79. The Labute approximate surface area is 116 Å². The van der Waals surface area contributed by atoms with Gasteiger partial charge in [-0.1, -0.05) is 30.3 Å². The molecule has 0 spiro atoms. The second kappa shape index (κ2) is 5.73. The van der Waals surface area contributed by atoms with Gasteiger partial charge in [0.05, 0.1) is 5.92 Å². The standard InChI is InChI=1S/C14H16N2O4/c1-9(10-5-3-2-4-6-10)13(18)16-8-12(17)15-7-11(16)14(19)20/h2-6,9,11H,7-8H2,1H3,(H,15,17)(H,19,20). The molecule has 0 saturated carbocycles. The van der Waals surface area contributed by atoms with Crippen LogP contribution in [0.5, 0.6) is 0 Å². The summed E-state index contributed by atoms with van der Waals surface area (Å²) in [5.41, 5.74) is 0.799. The summed E-state index contributed by atoms with van der Waals surface area (Å²) in [7, 11) is 0. The fourth-order valence-corrected chi connectivity index (χ4v) is 2.23. The van der Waals surface area contributed by atoms with Crippen LogP contribution in [0, 0.1) is 0 Å². The summed E-state index contributed by atoms with van der Waals surface area (Å²) in [5, 5.41) is 11.6. The van der Waals surface area contributed by atoms with Crippen LogP contribution < -0.4 is 5.32 Å². The van der Waals surface area contributed by atoms with Crippen LogP contribution in [0.3, 0.4) is 0 Å². The number of carboxylic acids is 1. The number of benzene rings is 1. The van der Waals surface area contributed by atoms with Gasteiger partial charge in [0.15, 0.2) is 0 Å². The Morgan fingerprint density at radius 3 is 2.60 bits per heavy atom. The molecule has 1 aliphatic heterocycles. The van der Waals surface area contributed by atoms with E-state index in [1.807, 2.05) is 30.3 Å². The largest absolute Gasteiger partial charge is 0.480 e. The number of piperazine rings is 1. The van der Waals surface area contributed by atoms with Gasteiger partial charge in [0, 0.05) is 6.54 Å². The fourth-order valence-electron chi connectivity index (χ4n) is 2.23. The van der Waals surface area contributed by atoms with Gasteiger partial charge in [0.25, 0.3) is 0 Å². The monoisotopic (exact) mass is 276 g/mol. The van der Waals surface area contributed by atoms with Crippen molar-refractivity contribution in [3.63, 3.8) is 0 Å². The van der Waals surface area contributed by atoms with Crippen LogP contribution >= 0.6 is 0 Å². The molecule has 2 amide bonds. The minimum Gasteiger partial charge on any atom is -0.480 e. The van der Waals surface area contributed by atoms with E-state index in [-0.39, 0.29) is 24.9 Å². The first-order valence-electron chi connectivity index (χ1n) is 6.35. The van der Waals surface area contributed by atoms with Gasteiger partial charge in [-0.3, -0.25) is 9.59 Å². The number of rotatable bonds is 3. The molecule has 1 fully saturated rings. The summed E-state index contributed by atoms with van der Waals surface area (Å²) in [6, 6.07) is 8.08. The van der Waals surface area contributed by atoms with Gasteiger partial charge in [-0.2, -0.15) is 0 Å². The van der Waals surface area contributed by atoms with Crippen LogP contribution in [-0.2, 0) is 14.4 Å². The lowest BCUT2D eigenvalue weighted by Crippen LogP contribution is -2.60. The molecule has 106 valence electrons. The molecule has 6 heteroatoms. The number of carboxylic acid groups (broad SMARTS) is 1. The summed E-state index contributed by atoms with van der Waals surface area (Å²) in [5.74, 6) is -2.28. The van der Waals surface area contributed by atoms with Crippen LogP contribution in [0.4, 0.5) is 0 Å². The second-order valence-electron chi connectivity index (χ2n) is 4.76. The SMILES string of the molecule is CC(C(=O)N1CC(=O)NCC1C(=O)O)c1ccccc1. The Kier molecular flexibility index (Phi) is 4.02. The molecule has 0 radical (unpaired) electrons. The smallest absolute Gasteiger partial charge is 0.328 e. The summed E-state index contributed by atoms with van der Waals surface area (Å²) >= 11 is 0. The Morgan fingerprint density at radius 2 is 2.00 bits per heavy atom.